The van der Waals surface area contributed by atoms with Gasteiger partial charge in [0.25, 0.3) is 0 Å². The third kappa shape index (κ3) is 7.27. The van der Waals surface area contributed by atoms with E-state index in [0.717, 1.165) is 75.1 Å². The standard InChI is InChI=1S/C24H31F3N6O2/c25-24(26,27)16-14-29-23(30-15-16)32-21(22(34)35)10-13-33(18-7-8-18)12-2-1-4-17-6-9-19-20(31-17)5-3-11-28-19/h6,9,14-15,18,21,28H,1-5,7-8,10-13H2,(H,34,35)(H,29,30,32). The number of carbonyl (C=O) groups is 1. The fourth-order valence-electron chi connectivity index (χ4n) is 4.31. The van der Waals surface area contributed by atoms with Crippen molar-refractivity contribution in [2.75, 3.05) is 30.3 Å². The number of fused-ring (bicyclic) bond motifs is 1. The smallest absolute Gasteiger partial charge is 0.419 e. The predicted molar refractivity (Wildman–Crippen MR) is 125 cm³/mol. The fraction of sp³-hybridized carbons (Fsp3) is 0.583. The second-order valence-corrected chi connectivity index (χ2v) is 9.17. The molecule has 11 heteroatoms. The van der Waals surface area contributed by atoms with Crippen molar-refractivity contribution in [2.45, 2.75) is 69.6 Å². The zero-order valence-electron chi connectivity index (χ0n) is 19.5. The van der Waals surface area contributed by atoms with E-state index in [4.69, 9.17) is 4.98 Å². The molecule has 3 N–H and O–H groups in total. The van der Waals surface area contributed by atoms with Crippen LogP contribution in [0, 0.1) is 0 Å². The van der Waals surface area contributed by atoms with Crippen molar-refractivity contribution in [3.05, 3.63) is 41.5 Å². The lowest BCUT2D eigenvalue weighted by atomic mass is 10.1. The molecule has 8 nitrogen and oxygen atoms in total. The highest BCUT2D eigenvalue weighted by Gasteiger charge is 2.32. The highest BCUT2D eigenvalue weighted by atomic mass is 19.4. The Labute approximate surface area is 202 Å². The van der Waals surface area contributed by atoms with Crippen LogP contribution in [-0.4, -0.2) is 62.6 Å². The van der Waals surface area contributed by atoms with Gasteiger partial charge in [0.1, 0.15) is 6.04 Å². The summed E-state index contributed by atoms with van der Waals surface area (Å²) in [6.07, 6.45) is 4.30. The molecule has 1 unspecified atom stereocenters. The molecule has 35 heavy (non-hydrogen) atoms. The number of alkyl halides is 3. The number of carboxylic acid groups (broad SMARTS) is 1. The summed E-state index contributed by atoms with van der Waals surface area (Å²) in [7, 11) is 0. The summed E-state index contributed by atoms with van der Waals surface area (Å²) in [5.74, 6) is -1.21. The van der Waals surface area contributed by atoms with Gasteiger partial charge >= 0.3 is 12.1 Å². The highest BCUT2D eigenvalue weighted by Crippen LogP contribution is 2.29. The van der Waals surface area contributed by atoms with Gasteiger partial charge in [-0.2, -0.15) is 13.2 Å². The Kier molecular flexibility index (Phi) is 8.04. The van der Waals surface area contributed by atoms with Gasteiger partial charge in [-0.25, -0.2) is 14.8 Å². The molecule has 2 aliphatic rings. The number of anilines is 2. The lowest BCUT2D eigenvalue weighted by Gasteiger charge is -2.24. The summed E-state index contributed by atoms with van der Waals surface area (Å²) >= 11 is 0. The summed E-state index contributed by atoms with van der Waals surface area (Å²) in [6.45, 7) is 2.46. The van der Waals surface area contributed by atoms with Gasteiger partial charge in [-0.05, 0) is 70.0 Å². The number of nitrogens with one attached hydrogen (secondary N) is 2. The minimum atomic E-state index is -4.54. The van der Waals surface area contributed by atoms with Crippen LogP contribution in [0.2, 0.25) is 0 Å². The van der Waals surface area contributed by atoms with Gasteiger partial charge < -0.3 is 20.6 Å². The minimum Gasteiger partial charge on any atom is -0.480 e. The molecule has 1 aliphatic carbocycles. The molecule has 3 heterocycles. The number of rotatable bonds is 12. The van der Waals surface area contributed by atoms with E-state index in [1.165, 1.54) is 0 Å². The number of hydrogen-bond donors (Lipinski definition) is 3. The van der Waals surface area contributed by atoms with Gasteiger partial charge in [-0.15, -0.1) is 0 Å². The molecule has 2 aromatic rings. The van der Waals surface area contributed by atoms with Crippen LogP contribution in [0.5, 0.6) is 0 Å². The first-order chi connectivity index (χ1) is 16.8. The topological polar surface area (TPSA) is 103 Å². The average molecular weight is 493 g/mol. The zero-order valence-corrected chi connectivity index (χ0v) is 19.5. The van der Waals surface area contributed by atoms with E-state index in [1.54, 1.807) is 0 Å². The molecule has 1 saturated carbocycles. The fourth-order valence-corrected chi connectivity index (χ4v) is 4.31. The largest absolute Gasteiger partial charge is 0.480 e. The molecule has 1 fully saturated rings. The van der Waals surface area contributed by atoms with Gasteiger partial charge in [0.05, 0.1) is 16.9 Å². The molecule has 0 spiro atoms. The van der Waals surface area contributed by atoms with E-state index < -0.39 is 23.8 Å². The summed E-state index contributed by atoms with van der Waals surface area (Å²) in [6, 6.07) is 3.69. The van der Waals surface area contributed by atoms with Crippen LogP contribution < -0.4 is 10.6 Å². The van der Waals surface area contributed by atoms with Crippen LogP contribution >= 0.6 is 0 Å². The Balaban J connectivity index is 1.24. The van der Waals surface area contributed by atoms with Crippen LogP contribution in [0.3, 0.4) is 0 Å². The Morgan fingerprint density at radius 3 is 2.66 bits per heavy atom. The van der Waals surface area contributed by atoms with Crippen molar-refractivity contribution in [3.63, 3.8) is 0 Å². The molecular formula is C24H31F3N6O2. The Morgan fingerprint density at radius 2 is 1.97 bits per heavy atom. The monoisotopic (exact) mass is 492 g/mol. The highest BCUT2D eigenvalue weighted by molar-refractivity contribution is 5.76. The second-order valence-electron chi connectivity index (χ2n) is 9.17. The maximum Gasteiger partial charge on any atom is 0.419 e. The van der Waals surface area contributed by atoms with Gasteiger partial charge in [0.2, 0.25) is 5.95 Å². The molecule has 0 aromatic carbocycles. The number of aromatic nitrogens is 3. The summed E-state index contributed by atoms with van der Waals surface area (Å²) in [5, 5.41) is 15.6. The number of halogens is 3. The van der Waals surface area contributed by atoms with Gasteiger partial charge in [-0.3, -0.25) is 4.98 Å². The maximum absolute atomic E-state index is 12.7. The second kappa shape index (κ2) is 11.2. The van der Waals surface area contributed by atoms with E-state index in [9.17, 15) is 23.1 Å². The van der Waals surface area contributed by atoms with Crippen molar-refractivity contribution in [3.8, 4) is 0 Å². The number of aryl methyl sites for hydroxylation is 2. The number of aliphatic carboxylic acids is 1. The summed E-state index contributed by atoms with van der Waals surface area (Å²) in [5.41, 5.74) is 2.43. The van der Waals surface area contributed by atoms with Crippen LogP contribution in [0.1, 0.15) is 55.5 Å². The van der Waals surface area contributed by atoms with Crippen molar-refractivity contribution >= 4 is 17.6 Å². The van der Waals surface area contributed by atoms with Crippen molar-refractivity contribution in [1.29, 1.82) is 0 Å². The zero-order chi connectivity index (χ0) is 24.8. The number of nitrogens with zero attached hydrogens (tertiary/aromatic N) is 4. The molecule has 0 saturated heterocycles. The third-order valence-electron chi connectivity index (χ3n) is 6.41. The minimum absolute atomic E-state index is 0.129. The van der Waals surface area contributed by atoms with Crippen LogP contribution in [0.15, 0.2) is 24.5 Å². The first-order valence-electron chi connectivity index (χ1n) is 12.1. The first-order valence-corrected chi connectivity index (χ1v) is 12.1. The van der Waals surface area contributed by atoms with Crippen molar-refractivity contribution in [2.24, 2.45) is 0 Å². The molecule has 0 radical (unpaired) electrons. The molecule has 0 amide bonds. The maximum atomic E-state index is 12.7. The molecule has 4 rings (SSSR count). The Morgan fingerprint density at radius 1 is 1.20 bits per heavy atom. The quantitative estimate of drug-likeness (QED) is 0.382. The number of pyridine rings is 1. The molecule has 1 aliphatic heterocycles. The Hall–Kier alpha value is -2.95. The number of carboxylic acids is 1. The van der Waals surface area contributed by atoms with Gasteiger partial charge in [0, 0.05) is 37.2 Å². The molecular weight excluding hydrogens is 461 g/mol. The predicted octanol–water partition coefficient (Wildman–Crippen LogP) is 3.99. The third-order valence-corrected chi connectivity index (χ3v) is 6.41. The lowest BCUT2D eigenvalue weighted by Crippen LogP contribution is -2.36. The number of hydrogen-bond acceptors (Lipinski definition) is 7. The first kappa shape index (κ1) is 25.2. The van der Waals surface area contributed by atoms with E-state index in [1.807, 2.05) is 0 Å². The van der Waals surface area contributed by atoms with Crippen molar-refractivity contribution < 1.29 is 23.1 Å². The van der Waals surface area contributed by atoms with Crippen LogP contribution in [-0.2, 0) is 23.8 Å². The molecule has 0 bridgehead atoms. The van der Waals surface area contributed by atoms with Gasteiger partial charge in [-0.1, -0.05) is 0 Å². The summed E-state index contributed by atoms with van der Waals surface area (Å²) < 4.78 is 38.1. The van der Waals surface area contributed by atoms with E-state index in [2.05, 4.69) is 37.6 Å². The SMILES string of the molecule is O=C(O)C(CCN(CCCCc1ccc2c(n1)CCCN2)C1CC1)Nc1ncc(C(F)(F)F)cn1. The normalized spacial score (nSPS) is 16.5. The number of unbranched alkanes of at least 4 members (excludes halogenated alkanes) is 1. The molecule has 1 atom stereocenters. The molecule has 2 aromatic heterocycles. The summed E-state index contributed by atoms with van der Waals surface area (Å²) in [4.78, 5) is 26.1. The van der Waals surface area contributed by atoms with Crippen LogP contribution in [0.4, 0.5) is 24.8 Å². The van der Waals surface area contributed by atoms with E-state index in [0.29, 0.717) is 31.4 Å². The molecule has 190 valence electrons. The van der Waals surface area contributed by atoms with E-state index in [-0.39, 0.29) is 5.95 Å². The average Bonchev–Trinajstić information content (AvgIpc) is 3.67. The lowest BCUT2D eigenvalue weighted by molar-refractivity contribution is -0.139. The van der Waals surface area contributed by atoms with Crippen LogP contribution in [0.25, 0.3) is 0 Å². The Bertz CT molecular complexity index is 998. The van der Waals surface area contributed by atoms with E-state index >= 15 is 0 Å². The van der Waals surface area contributed by atoms with Gasteiger partial charge in [0.15, 0.2) is 0 Å². The van der Waals surface area contributed by atoms with Crippen molar-refractivity contribution in [1.82, 2.24) is 19.9 Å².